The maximum atomic E-state index is 12.7. The van der Waals surface area contributed by atoms with Crippen LogP contribution in [-0.2, 0) is 11.0 Å². The van der Waals surface area contributed by atoms with Crippen LogP contribution in [0.1, 0.15) is 24.0 Å². The SMILES string of the molecule is O=C(Nc1ccncc1)N1CCC(=Cc2cccc(Oc3ccc(C(F)(F)F)cn3)c2)CC1.O=C(O)C(F)(F)F. The zero-order valence-corrected chi connectivity index (χ0v) is 20.5. The van der Waals surface area contributed by atoms with Crippen molar-refractivity contribution >= 4 is 23.8 Å². The molecule has 1 fully saturated rings. The Hall–Kier alpha value is -4.62. The summed E-state index contributed by atoms with van der Waals surface area (Å²) >= 11 is 0. The van der Waals surface area contributed by atoms with Gasteiger partial charge in [-0.2, -0.15) is 26.3 Å². The number of urea groups is 1. The molecule has 2 amide bonds. The lowest BCUT2D eigenvalue weighted by atomic mass is 10.0. The number of nitrogens with one attached hydrogen (secondary N) is 1. The largest absolute Gasteiger partial charge is 0.490 e. The number of aromatic nitrogens is 2. The third kappa shape index (κ3) is 9.29. The number of benzene rings is 1. The number of halogens is 6. The van der Waals surface area contributed by atoms with Gasteiger partial charge in [0.15, 0.2) is 0 Å². The zero-order valence-electron chi connectivity index (χ0n) is 20.5. The van der Waals surface area contributed by atoms with Gasteiger partial charge in [-0.3, -0.25) is 4.98 Å². The second-order valence-corrected chi connectivity index (χ2v) is 8.32. The van der Waals surface area contributed by atoms with Crippen molar-refractivity contribution in [1.82, 2.24) is 14.9 Å². The van der Waals surface area contributed by atoms with Crippen LogP contribution in [-0.4, -0.2) is 51.2 Å². The third-order valence-electron chi connectivity index (χ3n) is 5.38. The van der Waals surface area contributed by atoms with Crippen molar-refractivity contribution in [3.8, 4) is 11.6 Å². The number of hydrogen-bond donors (Lipinski definition) is 2. The molecule has 1 saturated heterocycles. The first kappa shape index (κ1) is 29.9. The van der Waals surface area contributed by atoms with Gasteiger partial charge in [0, 0.05) is 43.4 Å². The Balaban J connectivity index is 0.000000559. The molecular formula is C26H22F6N4O4. The predicted molar refractivity (Wildman–Crippen MR) is 131 cm³/mol. The van der Waals surface area contributed by atoms with Gasteiger partial charge in [0.1, 0.15) is 5.75 Å². The molecular weight excluding hydrogens is 546 g/mol. The number of carboxylic acids is 1. The van der Waals surface area contributed by atoms with E-state index in [0.29, 0.717) is 24.5 Å². The van der Waals surface area contributed by atoms with Crippen LogP contribution in [0.2, 0.25) is 0 Å². The minimum Gasteiger partial charge on any atom is -0.475 e. The lowest BCUT2D eigenvalue weighted by molar-refractivity contribution is -0.192. The predicted octanol–water partition coefficient (Wildman–Crippen LogP) is 6.63. The summed E-state index contributed by atoms with van der Waals surface area (Å²) in [6.45, 7) is 1.21. The fraction of sp³-hybridized carbons (Fsp3) is 0.231. The van der Waals surface area contributed by atoms with Gasteiger partial charge in [-0.15, -0.1) is 0 Å². The summed E-state index contributed by atoms with van der Waals surface area (Å²) < 4.78 is 75.4. The Bertz CT molecular complexity index is 1320. The second-order valence-electron chi connectivity index (χ2n) is 8.32. The van der Waals surface area contributed by atoms with Crippen molar-refractivity contribution in [1.29, 1.82) is 0 Å². The number of ether oxygens (including phenoxy) is 1. The van der Waals surface area contributed by atoms with Gasteiger partial charge < -0.3 is 20.1 Å². The smallest absolute Gasteiger partial charge is 0.475 e. The highest BCUT2D eigenvalue weighted by Crippen LogP contribution is 2.30. The molecule has 0 saturated carbocycles. The molecule has 1 aliphatic rings. The number of piperidine rings is 1. The lowest BCUT2D eigenvalue weighted by Crippen LogP contribution is -2.39. The second kappa shape index (κ2) is 13.0. The van der Waals surface area contributed by atoms with E-state index in [1.54, 1.807) is 41.6 Å². The van der Waals surface area contributed by atoms with Crippen molar-refractivity contribution in [3.63, 3.8) is 0 Å². The van der Waals surface area contributed by atoms with Crippen LogP contribution in [0.5, 0.6) is 11.6 Å². The van der Waals surface area contributed by atoms with Gasteiger partial charge >= 0.3 is 24.4 Å². The summed E-state index contributed by atoms with van der Waals surface area (Å²) in [5, 5.41) is 9.99. The molecule has 0 spiro atoms. The topological polar surface area (TPSA) is 105 Å². The molecule has 1 aromatic carbocycles. The fourth-order valence-corrected chi connectivity index (χ4v) is 3.41. The molecule has 2 N–H and O–H groups in total. The van der Waals surface area contributed by atoms with Crippen LogP contribution in [0.4, 0.5) is 36.8 Å². The Labute approximate surface area is 223 Å². The highest BCUT2D eigenvalue weighted by atomic mass is 19.4. The van der Waals surface area contributed by atoms with E-state index in [4.69, 9.17) is 14.6 Å². The van der Waals surface area contributed by atoms with Gasteiger partial charge in [-0.05, 0) is 48.7 Å². The highest BCUT2D eigenvalue weighted by molar-refractivity contribution is 5.89. The Morgan fingerprint density at radius 2 is 1.62 bits per heavy atom. The number of hydrogen-bond acceptors (Lipinski definition) is 5. The molecule has 212 valence electrons. The van der Waals surface area contributed by atoms with Gasteiger partial charge in [0.2, 0.25) is 5.88 Å². The minimum atomic E-state index is -5.08. The average molecular weight is 568 g/mol. The Morgan fingerprint density at radius 3 is 2.17 bits per heavy atom. The van der Waals surface area contributed by atoms with Crippen LogP contribution in [0.25, 0.3) is 6.08 Å². The summed E-state index contributed by atoms with van der Waals surface area (Å²) in [5.41, 5.74) is 1.99. The summed E-state index contributed by atoms with van der Waals surface area (Å²) in [6.07, 6.45) is -1.99. The van der Waals surface area contributed by atoms with Crippen molar-refractivity contribution < 1.29 is 45.8 Å². The van der Waals surface area contributed by atoms with E-state index in [9.17, 15) is 31.1 Å². The van der Waals surface area contributed by atoms with Crippen molar-refractivity contribution in [2.45, 2.75) is 25.2 Å². The molecule has 0 aliphatic carbocycles. The zero-order chi connectivity index (χ0) is 29.3. The number of alkyl halides is 6. The van der Waals surface area contributed by atoms with Gasteiger partial charge in [-0.25, -0.2) is 14.6 Å². The maximum Gasteiger partial charge on any atom is 0.490 e. The number of pyridine rings is 2. The molecule has 40 heavy (non-hydrogen) atoms. The van der Waals surface area contributed by atoms with E-state index < -0.39 is 23.9 Å². The maximum absolute atomic E-state index is 12.7. The van der Waals surface area contributed by atoms with Crippen molar-refractivity contribution in [2.75, 3.05) is 18.4 Å². The molecule has 3 aromatic rings. The molecule has 0 atom stereocenters. The molecule has 3 heterocycles. The lowest BCUT2D eigenvalue weighted by Gasteiger charge is -2.28. The number of aliphatic carboxylic acids is 1. The molecule has 4 rings (SSSR count). The normalized spacial score (nSPS) is 13.6. The number of carboxylic acid groups (broad SMARTS) is 1. The number of anilines is 1. The van der Waals surface area contributed by atoms with Crippen LogP contribution in [0.3, 0.4) is 0 Å². The van der Waals surface area contributed by atoms with Crippen molar-refractivity contribution in [3.05, 3.63) is 83.8 Å². The van der Waals surface area contributed by atoms with E-state index in [1.807, 2.05) is 18.2 Å². The quantitative estimate of drug-likeness (QED) is 0.343. The molecule has 14 heteroatoms. The number of nitrogens with zero attached hydrogens (tertiary/aromatic N) is 3. The molecule has 1 aliphatic heterocycles. The number of likely N-dealkylation sites (tertiary alicyclic amines) is 1. The van der Waals surface area contributed by atoms with Crippen LogP contribution >= 0.6 is 0 Å². The van der Waals surface area contributed by atoms with Gasteiger partial charge in [0.25, 0.3) is 0 Å². The highest BCUT2D eigenvalue weighted by Gasteiger charge is 2.38. The Kier molecular flexibility index (Phi) is 9.69. The van der Waals surface area contributed by atoms with E-state index in [2.05, 4.69) is 15.3 Å². The molecule has 0 unspecified atom stereocenters. The van der Waals surface area contributed by atoms with Gasteiger partial charge in [0.05, 0.1) is 5.56 Å². The number of amides is 2. The van der Waals surface area contributed by atoms with Crippen molar-refractivity contribution in [2.24, 2.45) is 0 Å². The average Bonchev–Trinajstić information content (AvgIpc) is 2.89. The Morgan fingerprint density at radius 1 is 0.975 bits per heavy atom. The number of carbonyl (C=O) groups is 2. The number of rotatable bonds is 4. The van der Waals surface area contributed by atoms with Gasteiger partial charge in [-0.1, -0.05) is 23.8 Å². The third-order valence-corrected chi connectivity index (χ3v) is 5.38. The van der Waals surface area contributed by atoms with Crippen LogP contribution in [0.15, 0.2) is 72.7 Å². The molecule has 2 aromatic heterocycles. The number of carbonyl (C=O) groups excluding carboxylic acids is 1. The van der Waals surface area contributed by atoms with Crippen LogP contribution in [0, 0.1) is 0 Å². The first-order valence-corrected chi connectivity index (χ1v) is 11.6. The van der Waals surface area contributed by atoms with E-state index in [0.717, 1.165) is 30.7 Å². The minimum absolute atomic E-state index is 0.0846. The summed E-state index contributed by atoms with van der Waals surface area (Å²) in [5.74, 6) is -2.19. The monoisotopic (exact) mass is 568 g/mol. The van der Waals surface area contributed by atoms with E-state index in [1.165, 1.54) is 11.6 Å². The molecule has 0 radical (unpaired) electrons. The fourth-order valence-electron chi connectivity index (χ4n) is 3.41. The summed E-state index contributed by atoms with van der Waals surface area (Å²) in [4.78, 5) is 30.8. The standard InChI is InChI=1S/C24H21F3N4O2.C2HF3O2/c25-24(26,27)19-4-5-22(29-16-19)33-21-3-1-2-18(15-21)14-17-8-12-31(13-9-17)23(32)30-20-6-10-28-11-7-20;3-2(4,5)1(6)7/h1-7,10-11,14-16H,8-9,12-13H2,(H,28,30,32);(H,6,7). The molecule has 0 bridgehead atoms. The van der Waals surface area contributed by atoms with Crippen LogP contribution < -0.4 is 10.1 Å². The van der Waals surface area contributed by atoms with E-state index >= 15 is 0 Å². The summed E-state index contributed by atoms with van der Waals surface area (Å²) in [6, 6.07) is 12.7. The molecule has 8 nitrogen and oxygen atoms in total. The summed E-state index contributed by atoms with van der Waals surface area (Å²) in [7, 11) is 0. The first-order chi connectivity index (χ1) is 18.8. The van der Waals surface area contributed by atoms with E-state index in [-0.39, 0.29) is 11.9 Å². The first-order valence-electron chi connectivity index (χ1n) is 11.6.